The molecule has 4 rings (SSSR count). The summed E-state index contributed by atoms with van der Waals surface area (Å²) >= 11 is 0. The first-order chi connectivity index (χ1) is 13.3. The summed E-state index contributed by atoms with van der Waals surface area (Å²) < 4.78 is 16.5. The number of nitrogens with zero attached hydrogens (tertiary/aromatic N) is 3. The summed E-state index contributed by atoms with van der Waals surface area (Å²) in [6.45, 7) is 1.01. The fourth-order valence-electron chi connectivity index (χ4n) is 2.65. The van der Waals surface area contributed by atoms with E-state index < -0.39 is 0 Å². The minimum atomic E-state index is 0.439. The van der Waals surface area contributed by atoms with Crippen molar-refractivity contribution in [1.29, 1.82) is 0 Å². The van der Waals surface area contributed by atoms with Crippen LogP contribution < -0.4 is 9.47 Å². The van der Waals surface area contributed by atoms with Gasteiger partial charge in [-0.05, 0) is 17.7 Å². The number of ether oxygens (including phenoxy) is 3. The van der Waals surface area contributed by atoms with Gasteiger partial charge in [-0.25, -0.2) is 9.97 Å². The zero-order chi connectivity index (χ0) is 18.5. The van der Waals surface area contributed by atoms with Crippen molar-refractivity contribution >= 4 is 10.9 Å². The van der Waals surface area contributed by atoms with Crippen molar-refractivity contribution in [3.63, 3.8) is 0 Å². The van der Waals surface area contributed by atoms with Crippen molar-refractivity contribution < 1.29 is 14.2 Å². The first kappa shape index (κ1) is 17.0. The average Bonchev–Trinajstić information content (AvgIpc) is 3.18. The van der Waals surface area contributed by atoms with Crippen LogP contribution in [0.3, 0.4) is 0 Å². The number of H-pyrrole nitrogens is 1. The van der Waals surface area contributed by atoms with Crippen LogP contribution in [-0.2, 0) is 4.74 Å². The Morgan fingerprint density at radius 2 is 1.85 bits per heavy atom. The summed E-state index contributed by atoms with van der Waals surface area (Å²) in [6.07, 6.45) is 1.46. The van der Waals surface area contributed by atoms with E-state index in [0.29, 0.717) is 25.0 Å². The maximum absolute atomic E-state index is 5.88. The zero-order valence-corrected chi connectivity index (χ0v) is 14.8. The molecule has 0 unspecified atom stereocenters. The van der Waals surface area contributed by atoms with Gasteiger partial charge < -0.3 is 14.2 Å². The molecule has 136 valence electrons. The fourth-order valence-corrected chi connectivity index (χ4v) is 2.65. The van der Waals surface area contributed by atoms with E-state index in [1.165, 1.54) is 6.33 Å². The van der Waals surface area contributed by atoms with Crippen LogP contribution in [0.1, 0.15) is 0 Å². The molecular formula is C20H18N4O3. The predicted octanol–water partition coefficient (Wildman–Crippen LogP) is 3.84. The van der Waals surface area contributed by atoms with Gasteiger partial charge in [0, 0.05) is 19.2 Å². The number of aromatic amines is 1. The Balaban J connectivity index is 1.56. The van der Waals surface area contributed by atoms with Gasteiger partial charge in [-0.1, -0.05) is 30.3 Å². The number of aromatic nitrogens is 4. The summed E-state index contributed by atoms with van der Waals surface area (Å²) in [5.41, 5.74) is 2.64. The first-order valence-corrected chi connectivity index (χ1v) is 8.48. The minimum absolute atomic E-state index is 0.439. The van der Waals surface area contributed by atoms with Crippen LogP contribution in [0.4, 0.5) is 0 Å². The van der Waals surface area contributed by atoms with Gasteiger partial charge >= 0.3 is 0 Å². The number of nitrogens with one attached hydrogen (secondary N) is 1. The van der Waals surface area contributed by atoms with Crippen LogP contribution in [0, 0.1) is 0 Å². The molecule has 0 aliphatic heterocycles. The molecule has 27 heavy (non-hydrogen) atoms. The topological polar surface area (TPSA) is 82.2 Å². The molecule has 4 aromatic rings. The third-order valence-corrected chi connectivity index (χ3v) is 3.97. The highest BCUT2D eigenvalue weighted by Crippen LogP contribution is 2.29. The Bertz CT molecular complexity index is 1030. The van der Waals surface area contributed by atoms with Gasteiger partial charge in [-0.3, -0.25) is 5.10 Å². The van der Waals surface area contributed by atoms with E-state index in [2.05, 4.69) is 20.2 Å². The van der Waals surface area contributed by atoms with Crippen LogP contribution in [0.15, 0.2) is 60.9 Å². The van der Waals surface area contributed by atoms with Crippen molar-refractivity contribution in [1.82, 2.24) is 20.2 Å². The third-order valence-electron chi connectivity index (χ3n) is 3.97. The number of hydrogen-bond donors (Lipinski definition) is 1. The Labute approximate surface area is 155 Å². The van der Waals surface area contributed by atoms with Gasteiger partial charge in [-0.15, -0.1) is 5.10 Å². The molecule has 0 aliphatic rings. The van der Waals surface area contributed by atoms with E-state index in [0.717, 1.165) is 27.9 Å². The van der Waals surface area contributed by atoms with Gasteiger partial charge in [0.15, 0.2) is 0 Å². The van der Waals surface area contributed by atoms with Gasteiger partial charge in [0.2, 0.25) is 11.8 Å². The summed E-state index contributed by atoms with van der Waals surface area (Å²) in [7, 11) is 1.64. The smallest absolute Gasteiger partial charge is 0.240 e. The summed E-state index contributed by atoms with van der Waals surface area (Å²) in [5.74, 6) is 1.60. The van der Waals surface area contributed by atoms with E-state index >= 15 is 0 Å². The number of benzene rings is 2. The molecule has 0 bridgehead atoms. The van der Waals surface area contributed by atoms with Crippen molar-refractivity contribution in [3.05, 3.63) is 60.9 Å². The molecule has 0 saturated carbocycles. The maximum atomic E-state index is 5.88. The number of rotatable bonds is 7. The van der Waals surface area contributed by atoms with Crippen molar-refractivity contribution in [2.24, 2.45) is 0 Å². The highest BCUT2D eigenvalue weighted by Gasteiger charge is 2.10. The lowest BCUT2D eigenvalue weighted by molar-refractivity contribution is 0.146. The Kier molecular flexibility index (Phi) is 4.93. The van der Waals surface area contributed by atoms with Crippen LogP contribution in [0.25, 0.3) is 22.2 Å². The monoisotopic (exact) mass is 362 g/mol. The normalized spacial score (nSPS) is 10.9. The van der Waals surface area contributed by atoms with Crippen molar-refractivity contribution in [2.75, 3.05) is 20.3 Å². The van der Waals surface area contributed by atoms with Crippen LogP contribution in [0.5, 0.6) is 17.5 Å². The molecule has 0 aliphatic carbocycles. The summed E-state index contributed by atoms with van der Waals surface area (Å²) in [5, 5.41) is 7.97. The Hall–Kier alpha value is -3.45. The van der Waals surface area contributed by atoms with E-state index in [1.54, 1.807) is 7.11 Å². The molecule has 7 heteroatoms. The van der Waals surface area contributed by atoms with Crippen LogP contribution in [0.2, 0.25) is 0 Å². The van der Waals surface area contributed by atoms with E-state index in [4.69, 9.17) is 14.2 Å². The van der Waals surface area contributed by atoms with E-state index in [1.807, 2.05) is 54.6 Å². The molecule has 0 saturated heterocycles. The molecule has 2 aromatic carbocycles. The van der Waals surface area contributed by atoms with E-state index in [-0.39, 0.29) is 0 Å². The number of hydrogen-bond acceptors (Lipinski definition) is 6. The SMILES string of the molecule is COCCOc1ccc2c(Oc3cc(-c4ccccc4)[nH]n3)ncnc2c1. The number of fused-ring (bicyclic) bond motifs is 1. The van der Waals surface area contributed by atoms with Gasteiger partial charge in [0.1, 0.15) is 18.7 Å². The molecular weight excluding hydrogens is 344 g/mol. The second-order valence-electron chi connectivity index (χ2n) is 5.79. The Morgan fingerprint density at radius 1 is 0.963 bits per heavy atom. The lowest BCUT2D eigenvalue weighted by atomic mass is 10.2. The molecule has 7 nitrogen and oxygen atoms in total. The van der Waals surface area contributed by atoms with Crippen LogP contribution in [-0.4, -0.2) is 40.5 Å². The minimum Gasteiger partial charge on any atom is -0.491 e. The van der Waals surface area contributed by atoms with Gasteiger partial charge in [-0.2, -0.15) is 0 Å². The number of methoxy groups -OCH3 is 1. The predicted molar refractivity (Wildman–Crippen MR) is 101 cm³/mol. The molecule has 0 fully saturated rings. The maximum Gasteiger partial charge on any atom is 0.240 e. The lowest BCUT2D eigenvalue weighted by Crippen LogP contribution is -2.04. The second kappa shape index (κ2) is 7.84. The first-order valence-electron chi connectivity index (χ1n) is 8.48. The average molecular weight is 362 g/mol. The second-order valence-corrected chi connectivity index (χ2v) is 5.79. The largest absolute Gasteiger partial charge is 0.491 e. The Morgan fingerprint density at radius 3 is 2.70 bits per heavy atom. The van der Waals surface area contributed by atoms with E-state index in [9.17, 15) is 0 Å². The quantitative estimate of drug-likeness (QED) is 0.503. The van der Waals surface area contributed by atoms with Crippen LogP contribution >= 0.6 is 0 Å². The molecule has 2 heterocycles. The molecule has 0 atom stereocenters. The summed E-state index contributed by atoms with van der Waals surface area (Å²) in [6, 6.07) is 17.3. The molecule has 1 N–H and O–H groups in total. The zero-order valence-electron chi connectivity index (χ0n) is 14.8. The fraction of sp³-hybridized carbons (Fsp3) is 0.150. The van der Waals surface area contributed by atoms with Crippen molar-refractivity contribution in [3.8, 4) is 28.8 Å². The molecule has 0 radical (unpaired) electrons. The van der Waals surface area contributed by atoms with Gasteiger partial charge in [0.05, 0.1) is 23.2 Å². The molecule has 0 amide bonds. The molecule has 0 spiro atoms. The summed E-state index contributed by atoms with van der Waals surface area (Å²) in [4.78, 5) is 8.54. The highest BCUT2D eigenvalue weighted by atomic mass is 16.5. The van der Waals surface area contributed by atoms with Crippen molar-refractivity contribution in [2.45, 2.75) is 0 Å². The lowest BCUT2D eigenvalue weighted by Gasteiger charge is -2.08. The van der Waals surface area contributed by atoms with Gasteiger partial charge in [0.25, 0.3) is 0 Å². The standard InChI is InChI=1S/C20H18N4O3/c1-25-9-10-26-15-7-8-16-18(11-15)21-13-22-20(16)27-19-12-17(23-24-19)14-5-3-2-4-6-14/h2-8,11-13H,9-10H2,1H3,(H,23,24). The molecule has 2 aromatic heterocycles. The highest BCUT2D eigenvalue weighted by molar-refractivity contribution is 5.84. The third kappa shape index (κ3) is 3.88.